The van der Waals surface area contributed by atoms with Crippen molar-refractivity contribution in [2.45, 2.75) is 56.3 Å². The zero-order valence-electron chi connectivity index (χ0n) is 20.9. The van der Waals surface area contributed by atoms with Gasteiger partial charge in [0.05, 0.1) is 0 Å². The molecule has 2 aliphatic heterocycles. The number of likely N-dealkylation sites (tertiary alicyclic amines) is 1. The Morgan fingerprint density at radius 3 is 2.43 bits per heavy atom. The molecule has 3 aromatic carbocycles. The van der Waals surface area contributed by atoms with E-state index in [4.69, 9.17) is 21.7 Å². The molecule has 2 fully saturated rings. The lowest BCUT2D eigenvalue weighted by Gasteiger charge is -2.45. The highest BCUT2D eigenvalue weighted by Gasteiger charge is 2.51. The smallest absolute Gasteiger partial charge is 0.231 e. The van der Waals surface area contributed by atoms with Gasteiger partial charge >= 0.3 is 0 Å². The first-order valence-corrected chi connectivity index (χ1v) is 13.4. The lowest BCUT2D eigenvalue weighted by atomic mass is 9.65. The van der Waals surface area contributed by atoms with Crippen LogP contribution >= 0.6 is 24.6 Å². The van der Waals surface area contributed by atoms with E-state index in [2.05, 4.69) is 88.3 Å². The molecule has 1 saturated heterocycles. The molecule has 2 heterocycles. The Balaban J connectivity index is 0.00000280. The van der Waals surface area contributed by atoms with E-state index in [-0.39, 0.29) is 17.8 Å². The number of hydrogen-bond acceptors (Lipinski definition) is 4. The first-order valence-electron chi connectivity index (χ1n) is 13.0. The quantitative estimate of drug-likeness (QED) is 0.403. The zero-order chi connectivity index (χ0) is 24.4. The maximum absolute atomic E-state index is 5.76. The van der Waals surface area contributed by atoms with Crippen LogP contribution in [0.4, 0.5) is 0 Å². The van der Waals surface area contributed by atoms with Gasteiger partial charge in [0, 0.05) is 30.6 Å². The maximum atomic E-state index is 5.76. The number of nitrogens with one attached hydrogen (secondary N) is 2. The Kier molecular flexibility index (Phi) is 7.89. The molecule has 0 amide bonds. The van der Waals surface area contributed by atoms with Crippen molar-refractivity contribution in [1.82, 2.24) is 15.5 Å². The van der Waals surface area contributed by atoms with Gasteiger partial charge in [-0.15, -0.1) is 12.4 Å². The van der Waals surface area contributed by atoms with E-state index in [0.29, 0.717) is 18.9 Å². The van der Waals surface area contributed by atoms with Crippen LogP contribution in [0.2, 0.25) is 0 Å². The summed E-state index contributed by atoms with van der Waals surface area (Å²) >= 11 is 5.70. The van der Waals surface area contributed by atoms with Crippen LogP contribution in [0.15, 0.2) is 78.9 Å². The van der Waals surface area contributed by atoms with Crippen LogP contribution < -0.4 is 20.1 Å². The lowest BCUT2D eigenvalue weighted by Crippen LogP contribution is -2.53. The summed E-state index contributed by atoms with van der Waals surface area (Å²) in [5.74, 6) is 1.74. The number of benzene rings is 3. The number of fused-ring (bicyclic) bond motifs is 2. The largest absolute Gasteiger partial charge is 0.454 e. The summed E-state index contributed by atoms with van der Waals surface area (Å²) in [6, 6.07) is 28.6. The summed E-state index contributed by atoms with van der Waals surface area (Å²) in [6.07, 6.45) is 4.45. The number of nitrogens with zero attached hydrogens (tertiary/aromatic N) is 1. The van der Waals surface area contributed by atoms with Gasteiger partial charge in [0.2, 0.25) is 6.79 Å². The molecule has 5 nitrogen and oxygen atoms in total. The third-order valence-electron chi connectivity index (χ3n) is 8.18. The predicted molar refractivity (Wildman–Crippen MR) is 153 cm³/mol. The summed E-state index contributed by atoms with van der Waals surface area (Å²) in [7, 11) is 0. The van der Waals surface area contributed by atoms with Crippen LogP contribution in [0, 0.1) is 0 Å². The number of halogens is 1. The van der Waals surface area contributed by atoms with Gasteiger partial charge in [-0.1, -0.05) is 66.7 Å². The molecule has 7 heteroatoms. The highest BCUT2D eigenvalue weighted by Crippen LogP contribution is 2.51. The van der Waals surface area contributed by atoms with E-state index in [0.717, 1.165) is 61.9 Å². The van der Waals surface area contributed by atoms with Gasteiger partial charge < -0.3 is 20.1 Å². The first kappa shape index (κ1) is 25.8. The summed E-state index contributed by atoms with van der Waals surface area (Å²) in [4.78, 5) is 2.69. The Bertz CT molecular complexity index is 1210. The fraction of sp³-hybridized carbons (Fsp3) is 0.367. The number of thiocarbonyl (C=S) groups is 1. The molecule has 1 saturated carbocycles. The molecular formula is C30H34ClN3O2S. The normalized spacial score (nSPS) is 24.1. The number of ether oxygens (including phenoxy) is 2. The highest BCUT2D eigenvalue weighted by molar-refractivity contribution is 7.80. The molecule has 194 valence electrons. The van der Waals surface area contributed by atoms with E-state index in [1.54, 1.807) is 0 Å². The Hall–Kier alpha value is -2.80. The van der Waals surface area contributed by atoms with Gasteiger partial charge in [-0.05, 0) is 73.3 Å². The number of rotatable bonds is 6. The van der Waals surface area contributed by atoms with Gasteiger partial charge in [-0.2, -0.15) is 0 Å². The third kappa shape index (κ3) is 5.42. The van der Waals surface area contributed by atoms with E-state index in [1.807, 2.05) is 6.07 Å². The summed E-state index contributed by atoms with van der Waals surface area (Å²) in [5, 5.41) is 7.79. The molecule has 2 N–H and O–H groups in total. The maximum Gasteiger partial charge on any atom is 0.231 e. The lowest BCUT2D eigenvalue weighted by molar-refractivity contribution is 0.134. The topological polar surface area (TPSA) is 45.8 Å². The fourth-order valence-electron chi connectivity index (χ4n) is 6.34. The first-order chi connectivity index (χ1) is 17.7. The molecule has 0 spiro atoms. The average molecular weight is 536 g/mol. The molecule has 3 atom stereocenters. The van der Waals surface area contributed by atoms with E-state index < -0.39 is 0 Å². The molecule has 1 aliphatic carbocycles. The summed E-state index contributed by atoms with van der Waals surface area (Å²) in [6.45, 7) is 3.12. The van der Waals surface area contributed by atoms with Crippen LogP contribution in [0.1, 0.15) is 42.4 Å². The molecule has 3 aliphatic rings. The van der Waals surface area contributed by atoms with Gasteiger partial charge in [0.25, 0.3) is 0 Å². The van der Waals surface area contributed by atoms with E-state index >= 15 is 0 Å². The van der Waals surface area contributed by atoms with Gasteiger partial charge in [-0.25, -0.2) is 0 Å². The van der Waals surface area contributed by atoms with Crippen molar-refractivity contribution in [2.75, 3.05) is 13.3 Å². The van der Waals surface area contributed by atoms with Gasteiger partial charge in [0.15, 0.2) is 16.6 Å². The minimum absolute atomic E-state index is 0. The SMILES string of the molecule is Cl.S=C(NCc1ccccc1)N[C@H]1CC[C@@]2(c3ccc4c(c3)OCO4)CCN(Cc3ccccc3)[C@H]2C1. The molecule has 0 radical (unpaired) electrons. The highest BCUT2D eigenvalue weighted by atomic mass is 35.5. The summed E-state index contributed by atoms with van der Waals surface area (Å²) < 4.78 is 11.4. The minimum Gasteiger partial charge on any atom is -0.454 e. The van der Waals surface area contributed by atoms with E-state index in [9.17, 15) is 0 Å². The Labute approximate surface area is 231 Å². The van der Waals surface area contributed by atoms with Gasteiger partial charge in [-0.3, -0.25) is 4.90 Å². The Morgan fingerprint density at radius 1 is 0.919 bits per heavy atom. The second kappa shape index (κ2) is 11.3. The standard InChI is InChI=1S/C30H33N3O2S.ClH/c36-29(31-19-22-7-3-1-4-8-22)32-25-13-14-30(24-11-12-26-27(17-24)35-21-34-26)15-16-33(28(30)18-25)20-23-9-5-2-6-10-23;/h1-12,17,25,28H,13-16,18-21H2,(H2,31,32,36);1H/t25-,28-,30-;/m0./s1. The van der Waals surface area contributed by atoms with Gasteiger partial charge in [0.1, 0.15) is 0 Å². The van der Waals surface area contributed by atoms with Crippen molar-refractivity contribution in [3.8, 4) is 11.5 Å². The molecule has 3 aromatic rings. The van der Waals surface area contributed by atoms with Crippen molar-refractivity contribution in [3.63, 3.8) is 0 Å². The van der Waals surface area contributed by atoms with Crippen LogP contribution in [0.25, 0.3) is 0 Å². The van der Waals surface area contributed by atoms with Crippen LogP contribution in [0.5, 0.6) is 11.5 Å². The van der Waals surface area contributed by atoms with Crippen LogP contribution in [-0.2, 0) is 18.5 Å². The minimum atomic E-state index is 0. The molecular weight excluding hydrogens is 502 g/mol. The monoisotopic (exact) mass is 535 g/mol. The second-order valence-corrected chi connectivity index (χ2v) is 10.6. The van der Waals surface area contributed by atoms with Crippen molar-refractivity contribution >= 4 is 29.7 Å². The zero-order valence-corrected chi connectivity index (χ0v) is 22.5. The van der Waals surface area contributed by atoms with Crippen LogP contribution in [-0.4, -0.2) is 35.4 Å². The number of hydrogen-bond donors (Lipinski definition) is 2. The predicted octanol–water partition coefficient (Wildman–Crippen LogP) is 5.57. The summed E-state index contributed by atoms with van der Waals surface area (Å²) in [5.41, 5.74) is 4.11. The van der Waals surface area contributed by atoms with Crippen LogP contribution in [0.3, 0.4) is 0 Å². The van der Waals surface area contributed by atoms with E-state index in [1.165, 1.54) is 16.7 Å². The molecule has 0 unspecified atom stereocenters. The molecule has 37 heavy (non-hydrogen) atoms. The molecule has 0 bridgehead atoms. The van der Waals surface area contributed by atoms with Crippen molar-refractivity contribution in [1.29, 1.82) is 0 Å². The fourth-order valence-corrected chi connectivity index (χ4v) is 6.58. The molecule has 6 rings (SSSR count). The van der Waals surface area contributed by atoms with Crippen molar-refractivity contribution < 1.29 is 9.47 Å². The second-order valence-electron chi connectivity index (χ2n) is 10.2. The molecule has 0 aromatic heterocycles. The average Bonchev–Trinajstić information content (AvgIpc) is 3.54. The van der Waals surface area contributed by atoms with Crippen molar-refractivity contribution in [3.05, 3.63) is 95.6 Å². The third-order valence-corrected chi connectivity index (χ3v) is 8.44. The van der Waals surface area contributed by atoms with Crippen molar-refractivity contribution in [2.24, 2.45) is 0 Å². The Morgan fingerprint density at radius 2 is 1.65 bits per heavy atom.